The first-order chi connectivity index (χ1) is 16.8. The molecule has 3 heterocycles. The van der Waals surface area contributed by atoms with Crippen molar-refractivity contribution in [3.63, 3.8) is 0 Å². The summed E-state index contributed by atoms with van der Waals surface area (Å²) in [6, 6.07) is 10.4. The van der Waals surface area contributed by atoms with Crippen LogP contribution in [0.3, 0.4) is 0 Å². The predicted molar refractivity (Wildman–Crippen MR) is 117 cm³/mol. The van der Waals surface area contributed by atoms with Gasteiger partial charge in [-0.25, -0.2) is 0 Å². The number of hydrogen-bond donors (Lipinski definition) is 0. The van der Waals surface area contributed by atoms with E-state index >= 15 is 0 Å². The van der Waals surface area contributed by atoms with Gasteiger partial charge >= 0.3 is 12.1 Å². The normalized spacial score (nSPS) is 14.1. The minimum Gasteiger partial charge on any atom is -0.456 e. The third-order valence-electron chi connectivity index (χ3n) is 5.43. The highest BCUT2D eigenvalue weighted by atomic mass is 19.4. The molecule has 2 aromatic heterocycles. The van der Waals surface area contributed by atoms with Crippen LogP contribution in [0.5, 0.6) is 0 Å². The third-order valence-corrected chi connectivity index (χ3v) is 5.43. The first kappa shape index (κ1) is 24.2. The van der Waals surface area contributed by atoms with Crippen LogP contribution >= 0.6 is 0 Å². The molecule has 12 heteroatoms. The van der Waals surface area contributed by atoms with Crippen LogP contribution in [0.1, 0.15) is 17.9 Å². The first-order valence-corrected chi connectivity index (χ1v) is 10.9. The van der Waals surface area contributed by atoms with E-state index in [0.717, 1.165) is 12.1 Å². The van der Waals surface area contributed by atoms with Crippen LogP contribution in [0.25, 0.3) is 11.5 Å². The Bertz CT molecular complexity index is 1160. The molecule has 3 aromatic rings. The van der Waals surface area contributed by atoms with Crippen molar-refractivity contribution in [1.29, 1.82) is 0 Å². The molecule has 0 aliphatic carbocycles. The van der Waals surface area contributed by atoms with E-state index in [-0.39, 0.29) is 24.6 Å². The lowest BCUT2D eigenvalue weighted by Gasteiger charge is -2.36. The lowest BCUT2D eigenvalue weighted by Crippen LogP contribution is -2.50. The number of carbonyl (C=O) groups is 2. The fourth-order valence-electron chi connectivity index (χ4n) is 3.56. The molecule has 1 aliphatic rings. The van der Waals surface area contributed by atoms with Gasteiger partial charge in [0.05, 0.1) is 12.0 Å². The maximum Gasteiger partial charge on any atom is 0.416 e. The van der Waals surface area contributed by atoms with Gasteiger partial charge < -0.3 is 19.1 Å². The Balaban J connectivity index is 1.19. The Labute approximate surface area is 198 Å². The minimum absolute atomic E-state index is 0.0412. The molecule has 1 amide bonds. The molecule has 9 nitrogen and oxygen atoms in total. The van der Waals surface area contributed by atoms with Gasteiger partial charge in [0.1, 0.15) is 5.69 Å². The Hall–Kier alpha value is -3.96. The minimum atomic E-state index is -4.41. The van der Waals surface area contributed by atoms with Crippen LogP contribution in [0.15, 0.2) is 53.2 Å². The maximum absolute atomic E-state index is 12.9. The van der Waals surface area contributed by atoms with E-state index in [9.17, 15) is 22.8 Å². The summed E-state index contributed by atoms with van der Waals surface area (Å²) in [5.41, 5.74) is 0.281. The van der Waals surface area contributed by atoms with Crippen LogP contribution in [-0.2, 0) is 26.9 Å². The van der Waals surface area contributed by atoms with Crippen LogP contribution in [-0.4, -0.2) is 64.7 Å². The predicted octanol–water partition coefficient (Wildman–Crippen LogP) is 2.98. The van der Waals surface area contributed by atoms with Crippen LogP contribution in [0.4, 0.5) is 18.9 Å². The molecule has 1 aromatic carbocycles. The number of amides is 1. The second-order valence-electron chi connectivity index (χ2n) is 7.80. The van der Waals surface area contributed by atoms with Crippen molar-refractivity contribution in [2.45, 2.75) is 19.0 Å². The Kier molecular flexibility index (Phi) is 7.28. The summed E-state index contributed by atoms with van der Waals surface area (Å²) in [7, 11) is 0. The van der Waals surface area contributed by atoms with E-state index in [2.05, 4.69) is 15.1 Å². The number of aromatic nitrogens is 3. The standard InChI is InChI=1S/C23H22F3N5O4/c24-23(25,26)16-4-3-5-17(14-16)30-10-12-31(13-11-30)20(32)15-34-21(33)8-7-19-28-22(29-35-19)18-6-1-2-9-27-18/h1-6,9,14H,7-8,10-13,15H2. The zero-order valence-corrected chi connectivity index (χ0v) is 18.6. The van der Waals surface area contributed by atoms with Gasteiger partial charge in [-0.15, -0.1) is 0 Å². The van der Waals surface area contributed by atoms with E-state index in [1.54, 1.807) is 35.4 Å². The number of esters is 1. The Morgan fingerprint density at radius 1 is 1.06 bits per heavy atom. The number of carbonyl (C=O) groups excluding carboxylic acids is 2. The van der Waals surface area contributed by atoms with Crippen LogP contribution < -0.4 is 4.90 Å². The molecular formula is C23H22F3N5O4. The van der Waals surface area contributed by atoms with Gasteiger partial charge in [-0.3, -0.25) is 14.6 Å². The molecule has 0 radical (unpaired) electrons. The van der Waals surface area contributed by atoms with Crippen molar-refractivity contribution < 1.29 is 32.0 Å². The highest BCUT2D eigenvalue weighted by Gasteiger charge is 2.31. The number of rotatable bonds is 7. The molecule has 1 aliphatic heterocycles. The summed E-state index contributed by atoms with van der Waals surface area (Å²) in [5.74, 6) is -0.385. The SMILES string of the molecule is O=C(CCc1nc(-c2ccccn2)no1)OCC(=O)N1CCN(c2cccc(C(F)(F)F)c2)CC1. The number of ether oxygens (including phenoxy) is 1. The molecule has 1 saturated heterocycles. The van der Waals surface area contributed by atoms with E-state index < -0.39 is 24.3 Å². The average molecular weight is 489 g/mol. The molecule has 0 bridgehead atoms. The number of anilines is 1. The number of nitrogens with zero attached hydrogens (tertiary/aromatic N) is 5. The van der Waals surface area contributed by atoms with Crippen molar-refractivity contribution in [2.24, 2.45) is 0 Å². The van der Waals surface area contributed by atoms with Gasteiger partial charge in [0.2, 0.25) is 11.7 Å². The molecule has 0 spiro atoms. The van der Waals surface area contributed by atoms with E-state index in [1.165, 1.54) is 11.0 Å². The number of benzene rings is 1. The maximum atomic E-state index is 12.9. The number of alkyl halides is 3. The molecule has 184 valence electrons. The topological polar surface area (TPSA) is 102 Å². The largest absolute Gasteiger partial charge is 0.456 e. The number of aryl methyl sites for hydroxylation is 1. The fourth-order valence-corrected chi connectivity index (χ4v) is 3.56. The second-order valence-corrected chi connectivity index (χ2v) is 7.80. The molecule has 0 unspecified atom stereocenters. The first-order valence-electron chi connectivity index (χ1n) is 10.9. The number of hydrogen-bond acceptors (Lipinski definition) is 8. The van der Waals surface area contributed by atoms with Gasteiger partial charge in [-0.1, -0.05) is 17.3 Å². The smallest absolute Gasteiger partial charge is 0.416 e. The Morgan fingerprint density at radius 2 is 1.86 bits per heavy atom. The van der Waals surface area contributed by atoms with Crippen molar-refractivity contribution in [3.8, 4) is 11.5 Å². The summed E-state index contributed by atoms with van der Waals surface area (Å²) in [6.07, 6.45) is -2.70. The molecule has 0 N–H and O–H groups in total. The third kappa shape index (κ3) is 6.34. The highest BCUT2D eigenvalue weighted by molar-refractivity contribution is 5.81. The van der Waals surface area contributed by atoms with Crippen molar-refractivity contribution in [1.82, 2.24) is 20.0 Å². The van der Waals surface area contributed by atoms with Gasteiger partial charge in [-0.05, 0) is 30.3 Å². The zero-order chi connectivity index (χ0) is 24.8. The summed E-state index contributed by atoms with van der Waals surface area (Å²) >= 11 is 0. The molecular weight excluding hydrogens is 467 g/mol. The summed E-state index contributed by atoms with van der Waals surface area (Å²) in [6.45, 7) is 0.953. The number of halogens is 3. The van der Waals surface area contributed by atoms with Gasteiger partial charge in [0.15, 0.2) is 6.61 Å². The summed E-state index contributed by atoms with van der Waals surface area (Å²) in [4.78, 5) is 36.0. The van der Waals surface area contributed by atoms with Gasteiger partial charge in [-0.2, -0.15) is 18.2 Å². The summed E-state index contributed by atoms with van der Waals surface area (Å²) < 4.78 is 49.0. The average Bonchev–Trinajstić information content (AvgIpc) is 3.35. The van der Waals surface area contributed by atoms with Crippen molar-refractivity contribution in [3.05, 3.63) is 60.1 Å². The van der Waals surface area contributed by atoms with E-state index in [1.807, 2.05) is 0 Å². The monoisotopic (exact) mass is 489 g/mol. The van der Waals surface area contributed by atoms with E-state index in [0.29, 0.717) is 43.4 Å². The lowest BCUT2D eigenvalue weighted by atomic mass is 10.1. The molecule has 0 saturated carbocycles. The van der Waals surface area contributed by atoms with Crippen molar-refractivity contribution in [2.75, 3.05) is 37.7 Å². The molecule has 4 rings (SSSR count). The lowest BCUT2D eigenvalue weighted by molar-refractivity contribution is -0.152. The zero-order valence-electron chi connectivity index (χ0n) is 18.6. The van der Waals surface area contributed by atoms with Gasteiger partial charge in [0.25, 0.3) is 5.91 Å². The van der Waals surface area contributed by atoms with Crippen LogP contribution in [0, 0.1) is 0 Å². The fraction of sp³-hybridized carbons (Fsp3) is 0.348. The van der Waals surface area contributed by atoms with Crippen molar-refractivity contribution >= 4 is 17.6 Å². The molecule has 0 atom stereocenters. The van der Waals surface area contributed by atoms with E-state index in [4.69, 9.17) is 9.26 Å². The second kappa shape index (κ2) is 10.5. The number of piperazine rings is 1. The molecule has 1 fully saturated rings. The summed E-state index contributed by atoms with van der Waals surface area (Å²) in [5, 5.41) is 3.82. The number of pyridine rings is 1. The molecule has 35 heavy (non-hydrogen) atoms. The quantitative estimate of drug-likeness (QED) is 0.467. The van der Waals surface area contributed by atoms with Gasteiger partial charge in [0, 0.05) is 44.5 Å². The van der Waals surface area contributed by atoms with Crippen LogP contribution in [0.2, 0.25) is 0 Å². The Morgan fingerprint density at radius 3 is 2.57 bits per heavy atom. The highest BCUT2D eigenvalue weighted by Crippen LogP contribution is 2.31.